The minimum atomic E-state index is -0.337. The molecular weight excluding hydrogens is 352 g/mol. The van der Waals surface area contributed by atoms with Crippen molar-refractivity contribution in [2.75, 3.05) is 10.6 Å². The Morgan fingerprint density at radius 2 is 1.29 bits per heavy atom. The van der Waals surface area contributed by atoms with Gasteiger partial charge in [-0.05, 0) is 50.2 Å². The zero-order valence-corrected chi connectivity index (χ0v) is 15.8. The van der Waals surface area contributed by atoms with E-state index in [0.29, 0.717) is 28.3 Å². The van der Waals surface area contributed by atoms with E-state index in [4.69, 9.17) is 4.74 Å². The van der Waals surface area contributed by atoms with Gasteiger partial charge in [-0.2, -0.15) is 0 Å². The van der Waals surface area contributed by atoms with E-state index in [-0.39, 0.29) is 17.9 Å². The molecule has 5 nitrogen and oxygen atoms in total. The minimum Gasteiger partial charge on any atom is -0.490 e. The maximum absolute atomic E-state index is 12.8. The van der Waals surface area contributed by atoms with Crippen molar-refractivity contribution < 1.29 is 14.3 Å². The molecular formula is C23H22N2O3. The number of ether oxygens (including phenoxy) is 1. The van der Waals surface area contributed by atoms with Gasteiger partial charge in [0.05, 0.1) is 22.9 Å². The predicted octanol–water partition coefficient (Wildman–Crippen LogP) is 4.98. The molecule has 0 saturated carbocycles. The zero-order valence-electron chi connectivity index (χ0n) is 15.8. The first-order valence-corrected chi connectivity index (χ1v) is 9.07. The maximum atomic E-state index is 12.8. The second kappa shape index (κ2) is 8.86. The number of amides is 2. The highest BCUT2D eigenvalue weighted by molar-refractivity contribution is 6.13. The summed E-state index contributed by atoms with van der Waals surface area (Å²) in [5.74, 6) is -0.133. The van der Waals surface area contributed by atoms with Crippen molar-refractivity contribution in [1.82, 2.24) is 0 Å². The smallest absolute Gasteiger partial charge is 0.259 e. The predicted molar refractivity (Wildman–Crippen MR) is 111 cm³/mol. The third-order valence-electron chi connectivity index (χ3n) is 3.95. The van der Waals surface area contributed by atoms with Crippen LogP contribution < -0.4 is 15.4 Å². The molecule has 3 aromatic carbocycles. The van der Waals surface area contributed by atoms with Crippen LogP contribution >= 0.6 is 0 Å². The summed E-state index contributed by atoms with van der Waals surface area (Å²) in [7, 11) is 0. The van der Waals surface area contributed by atoms with Crippen molar-refractivity contribution in [3.63, 3.8) is 0 Å². The van der Waals surface area contributed by atoms with Crippen molar-refractivity contribution in [1.29, 1.82) is 0 Å². The number of rotatable bonds is 6. The summed E-state index contributed by atoms with van der Waals surface area (Å²) in [6, 6.07) is 23.1. The number of nitrogens with one attached hydrogen (secondary N) is 2. The van der Waals surface area contributed by atoms with E-state index in [0.717, 1.165) is 0 Å². The van der Waals surface area contributed by atoms with Crippen LogP contribution in [-0.2, 0) is 0 Å². The number of benzene rings is 3. The summed E-state index contributed by atoms with van der Waals surface area (Å²) in [5.41, 5.74) is 1.90. The van der Waals surface area contributed by atoms with E-state index >= 15 is 0 Å². The van der Waals surface area contributed by atoms with Crippen LogP contribution in [-0.4, -0.2) is 17.9 Å². The topological polar surface area (TPSA) is 67.4 Å². The third-order valence-corrected chi connectivity index (χ3v) is 3.95. The fourth-order valence-corrected chi connectivity index (χ4v) is 2.71. The molecule has 5 heteroatoms. The standard InChI is InChI=1S/C23H22N2O3/c1-16(2)28-21-15-9-7-13-19(21)23(27)25-20-14-8-6-12-18(20)22(26)24-17-10-4-3-5-11-17/h3-16H,1-2H3,(H,24,26)(H,25,27). The summed E-state index contributed by atoms with van der Waals surface area (Å²) in [4.78, 5) is 25.5. The van der Waals surface area contributed by atoms with Gasteiger partial charge in [-0.3, -0.25) is 9.59 Å². The Labute approximate surface area is 164 Å². The molecule has 2 amide bonds. The fourth-order valence-electron chi connectivity index (χ4n) is 2.71. The summed E-state index contributed by atoms with van der Waals surface area (Å²) in [5, 5.41) is 5.66. The number of hydrogen-bond acceptors (Lipinski definition) is 3. The first kappa shape index (κ1) is 19.2. The largest absolute Gasteiger partial charge is 0.490 e. The van der Waals surface area contributed by atoms with E-state index in [1.54, 1.807) is 54.6 Å². The van der Waals surface area contributed by atoms with Gasteiger partial charge in [0.25, 0.3) is 11.8 Å². The van der Waals surface area contributed by atoms with Crippen molar-refractivity contribution in [3.05, 3.63) is 90.0 Å². The van der Waals surface area contributed by atoms with Gasteiger partial charge < -0.3 is 15.4 Å². The van der Waals surface area contributed by atoms with Gasteiger partial charge in [0.1, 0.15) is 5.75 Å². The SMILES string of the molecule is CC(C)Oc1ccccc1C(=O)Nc1ccccc1C(=O)Nc1ccccc1. The summed E-state index contributed by atoms with van der Waals surface area (Å²) >= 11 is 0. The summed E-state index contributed by atoms with van der Waals surface area (Å²) < 4.78 is 5.72. The van der Waals surface area contributed by atoms with Gasteiger partial charge in [0, 0.05) is 5.69 Å². The second-order valence-electron chi connectivity index (χ2n) is 6.48. The lowest BCUT2D eigenvalue weighted by Crippen LogP contribution is -2.19. The van der Waals surface area contributed by atoms with E-state index in [1.165, 1.54) is 0 Å². The van der Waals surface area contributed by atoms with E-state index in [9.17, 15) is 9.59 Å². The van der Waals surface area contributed by atoms with Crippen LogP contribution in [0.4, 0.5) is 11.4 Å². The molecule has 0 unspecified atom stereocenters. The summed E-state index contributed by atoms with van der Waals surface area (Å²) in [6.45, 7) is 3.80. The van der Waals surface area contributed by atoms with Crippen LogP contribution in [0, 0.1) is 0 Å². The second-order valence-corrected chi connectivity index (χ2v) is 6.48. The molecule has 0 aromatic heterocycles. The van der Waals surface area contributed by atoms with Gasteiger partial charge in [-0.25, -0.2) is 0 Å². The normalized spacial score (nSPS) is 10.4. The number of carbonyl (C=O) groups excluding carboxylic acids is 2. The average Bonchev–Trinajstić information content (AvgIpc) is 2.69. The Balaban J connectivity index is 1.82. The van der Waals surface area contributed by atoms with Gasteiger partial charge in [0.2, 0.25) is 0 Å². The molecule has 2 N–H and O–H groups in total. The Morgan fingerprint density at radius 3 is 2.00 bits per heavy atom. The Bertz CT molecular complexity index is 968. The fraction of sp³-hybridized carbons (Fsp3) is 0.130. The molecule has 0 saturated heterocycles. The number of para-hydroxylation sites is 3. The molecule has 142 valence electrons. The lowest BCUT2D eigenvalue weighted by atomic mass is 10.1. The zero-order chi connectivity index (χ0) is 19.9. The summed E-state index contributed by atoms with van der Waals surface area (Å²) in [6.07, 6.45) is -0.0575. The van der Waals surface area contributed by atoms with E-state index in [2.05, 4.69) is 10.6 Å². The van der Waals surface area contributed by atoms with Crippen LogP contribution in [0.15, 0.2) is 78.9 Å². The average molecular weight is 374 g/mol. The maximum Gasteiger partial charge on any atom is 0.259 e. The highest BCUT2D eigenvalue weighted by atomic mass is 16.5. The van der Waals surface area contributed by atoms with Gasteiger partial charge in [-0.1, -0.05) is 42.5 Å². The highest BCUT2D eigenvalue weighted by Crippen LogP contribution is 2.23. The lowest BCUT2D eigenvalue weighted by Gasteiger charge is -2.15. The van der Waals surface area contributed by atoms with Crippen molar-refractivity contribution in [2.45, 2.75) is 20.0 Å². The van der Waals surface area contributed by atoms with Crippen molar-refractivity contribution in [2.24, 2.45) is 0 Å². The first-order valence-electron chi connectivity index (χ1n) is 9.07. The highest BCUT2D eigenvalue weighted by Gasteiger charge is 2.17. The Morgan fingerprint density at radius 1 is 0.714 bits per heavy atom. The van der Waals surface area contributed by atoms with Crippen molar-refractivity contribution >= 4 is 23.2 Å². The molecule has 28 heavy (non-hydrogen) atoms. The van der Waals surface area contributed by atoms with Crippen LogP contribution in [0.25, 0.3) is 0 Å². The molecule has 0 radical (unpaired) electrons. The van der Waals surface area contributed by atoms with Crippen molar-refractivity contribution in [3.8, 4) is 5.75 Å². The lowest BCUT2D eigenvalue weighted by molar-refractivity contribution is 0.102. The minimum absolute atomic E-state index is 0.0575. The Kier molecular flexibility index (Phi) is 6.07. The van der Waals surface area contributed by atoms with Gasteiger partial charge >= 0.3 is 0 Å². The molecule has 0 atom stereocenters. The van der Waals surface area contributed by atoms with E-state index in [1.807, 2.05) is 38.1 Å². The van der Waals surface area contributed by atoms with E-state index < -0.39 is 0 Å². The monoisotopic (exact) mass is 374 g/mol. The van der Waals surface area contributed by atoms with Crippen LogP contribution in [0.3, 0.4) is 0 Å². The quantitative estimate of drug-likeness (QED) is 0.639. The third kappa shape index (κ3) is 4.76. The molecule has 0 spiro atoms. The molecule has 0 aliphatic rings. The number of anilines is 2. The van der Waals surface area contributed by atoms with Gasteiger partial charge in [0.15, 0.2) is 0 Å². The molecule has 0 bridgehead atoms. The number of carbonyl (C=O) groups is 2. The van der Waals surface area contributed by atoms with Crippen LogP contribution in [0.2, 0.25) is 0 Å². The molecule has 3 aromatic rings. The molecule has 0 aliphatic carbocycles. The Hall–Kier alpha value is -3.60. The molecule has 3 rings (SSSR count). The van der Waals surface area contributed by atoms with Crippen LogP contribution in [0.1, 0.15) is 34.6 Å². The molecule has 0 heterocycles. The van der Waals surface area contributed by atoms with Gasteiger partial charge in [-0.15, -0.1) is 0 Å². The molecule has 0 fully saturated rings. The first-order chi connectivity index (χ1) is 13.5. The number of hydrogen-bond donors (Lipinski definition) is 2. The molecule has 0 aliphatic heterocycles. The van der Waals surface area contributed by atoms with Crippen LogP contribution in [0.5, 0.6) is 5.75 Å².